The van der Waals surface area contributed by atoms with E-state index in [0.29, 0.717) is 0 Å². The second-order valence-corrected chi connectivity index (χ2v) is 6.45. The lowest BCUT2D eigenvalue weighted by Crippen LogP contribution is -2.38. The Hall–Kier alpha value is -2.15. The molecular formula is C17H19FN2O3S. The van der Waals surface area contributed by atoms with Crippen LogP contribution in [-0.2, 0) is 9.59 Å². The van der Waals surface area contributed by atoms with Crippen molar-refractivity contribution in [1.29, 1.82) is 0 Å². The van der Waals surface area contributed by atoms with Gasteiger partial charge in [-0.05, 0) is 30.3 Å². The summed E-state index contributed by atoms with van der Waals surface area (Å²) >= 11 is 0.774. The molecule has 0 aliphatic carbocycles. The van der Waals surface area contributed by atoms with Crippen molar-refractivity contribution in [3.05, 3.63) is 40.6 Å². The number of nitrogens with zero attached hydrogens (tertiary/aromatic N) is 1. The van der Waals surface area contributed by atoms with Gasteiger partial charge in [0.05, 0.1) is 4.91 Å². The van der Waals surface area contributed by atoms with Gasteiger partial charge >= 0.3 is 0 Å². The van der Waals surface area contributed by atoms with Gasteiger partial charge in [0, 0.05) is 24.6 Å². The van der Waals surface area contributed by atoms with Gasteiger partial charge < -0.3 is 5.32 Å². The van der Waals surface area contributed by atoms with E-state index in [1.165, 1.54) is 18.2 Å². The van der Waals surface area contributed by atoms with Gasteiger partial charge in [-0.15, -0.1) is 0 Å². The number of amides is 3. The van der Waals surface area contributed by atoms with E-state index >= 15 is 0 Å². The number of hydrogen-bond acceptors (Lipinski definition) is 4. The van der Waals surface area contributed by atoms with Crippen LogP contribution in [0.3, 0.4) is 0 Å². The smallest absolute Gasteiger partial charge is 0.293 e. The highest BCUT2D eigenvalue weighted by molar-refractivity contribution is 8.18. The Balaban J connectivity index is 1.99. The fourth-order valence-corrected chi connectivity index (χ4v) is 2.93. The van der Waals surface area contributed by atoms with E-state index in [9.17, 15) is 18.8 Å². The molecule has 2 rings (SSSR count). The molecule has 1 fully saturated rings. The number of benzene rings is 1. The van der Waals surface area contributed by atoms with Gasteiger partial charge in [0.2, 0.25) is 5.91 Å². The molecule has 24 heavy (non-hydrogen) atoms. The van der Waals surface area contributed by atoms with Gasteiger partial charge in [-0.3, -0.25) is 19.3 Å². The molecule has 1 aromatic rings. The molecular weight excluding hydrogens is 331 g/mol. The average molecular weight is 350 g/mol. The van der Waals surface area contributed by atoms with Crippen LogP contribution >= 0.6 is 11.8 Å². The van der Waals surface area contributed by atoms with Crippen molar-refractivity contribution in [3.8, 4) is 0 Å². The van der Waals surface area contributed by atoms with E-state index in [4.69, 9.17) is 0 Å². The highest BCUT2D eigenvalue weighted by Gasteiger charge is 2.34. The van der Waals surface area contributed by atoms with Crippen molar-refractivity contribution < 1.29 is 18.8 Å². The Labute approximate surface area is 144 Å². The standard InChI is InChI=1S/C17H19FN2O3S/c1-3-11(2)15(21)19-8-9-20-16(22)14(24-17(20)23)10-12-6-4-5-7-13(12)18/h4-7,10-11H,3,8-9H2,1-2H3,(H,19,21)/b14-10-. The molecule has 7 heteroatoms. The highest BCUT2D eigenvalue weighted by atomic mass is 32.2. The van der Waals surface area contributed by atoms with Gasteiger partial charge in [-0.2, -0.15) is 0 Å². The third-order valence-corrected chi connectivity index (χ3v) is 4.67. The van der Waals surface area contributed by atoms with Crippen molar-refractivity contribution in [2.75, 3.05) is 13.1 Å². The van der Waals surface area contributed by atoms with Crippen LogP contribution in [0, 0.1) is 11.7 Å². The second kappa shape index (κ2) is 8.10. The summed E-state index contributed by atoms with van der Waals surface area (Å²) in [6.45, 7) is 4.02. The van der Waals surface area contributed by atoms with Crippen LogP contribution < -0.4 is 5.32 Å². The summed E-state index contributed by atoms with van der Waals surface area (Å²) in [5.41, 5.74) is 0.257. The zero-order valence-corrected chi connectivity index (χ0v) is 14.4. The summed E-state index contributed by atoms with van der Waals surface area (Å²) in [7, 11) is 0. The molecule has 0 aromatic heterocycles. The summed E-state index contributed by atoms with van der Waals surface area (Å²) in [6.07, 6.45) is 2.09. The number of imide groups is 1. The molecule has 128 valence electrons. The lowest BCUT2D eigenvalue weighted by Gasteiger charge is -2.14. The van der Waals surface area contributed by atoms with E-state index in [2.05, 4.69) is 5.32 Å². The highest BCUT2D eigenvalue weighted by Crippen LogP contribution is 2.32. The Morgan fingerprint density at radius 3 is 2.75 bits per heavy atom. The van der Waals surface area contributed by atoms with Crippen LogP contribution in [0.2, 0.25) is 0 Å². The Morgan fingerprint density at radius 2 is 2.08 bits per heavy atom. The van der Waals surface area contributed by atoms with Gasteiger partial charge in [0.25, 0.3) is 11.1 Å². The molecule has 1 N–H and O–H groups in total. The molecule has 0 saturated carbocycles. The monoisotopic (exact) mass is 350 g/mol. The number of carbonyl (C=O) groups is 3. The van der Waals surface area contributed by atoms with Crippen molar-refractivity contribution in [1.82, 2.24) is 10.2 Å². The molecule has 0 radical (unpaired) electrons. The first kappa shape index (κ1) is 18.2. The molecule has 1 unspecified atom stereocenters. The van der Waals surface area contributed by atoms with Crippen molar-refractivity contribution in [2.24, 2.45) is 5.92 Å². The normalized spacial score (nSPS) is 17.5. The van der Waals surface area contributed by atoms with E-state index in [1.807, 2.05) is 13.8 Å². The van der Waals surface area contributed by atoms with Gasteiger partial charge in [0.1, 0.15) is 5.82 Å². The topological polar surface area (TPSA) is 66.5 Å². The van der Waals surface area contributed by atoms with Crippen LogP contribution in [0.5, 0.6) is 0 Å². The minimum absolute atomic E-state index is 0.0987. The molecule has 0 spiro atoms. The fourth-order valence-electron chi connectivity index (χ4n) is 2.08. The van der Waals surface area contributed by atoms with Crippen molar-refractivity contribution in [2.45, 2.75) is 20.3 Å². The summed E-state index contributed by atoms with van der Waals surface area (Å²) in [4.78, 5) is 37.2. The summed E-state index contributed by atoms with van der Waals surface area (Å²) in [5.74, 6) is -1.14. The van der Waals surface area contributed by atoms with Crippen LogP contribution in [0.4, 0.5) is 9.18 Å². The predicted octanol–water partition coefficient (Wildman–Crippen LogP) is 3.02. The number of halogens is 1. The summed E-state index contributed by atoms with van der Waals surface area (Å²) in [6, 6.07) is 6.04. The molecule has 5 nitrogen and oxygen atoms in total. The molecule has 1 saturated heterocycles. The summed E-state index contributed by atoms with van der Waals surface area (Å²) < 4.78 is 13.7. The van der Waals surface area contributed by atoms with E-state index in [0.717, 1.165) is 23.1 Å². The Morgan fingerprint density at radius 1 is 1.38 bits per heavy atom. The lowest BCUT2D eigenvalue weighted by atomic mass is 10.1. The van der Waals surface area contributed by atoms with Gasteiger partial charge in [-0.25, -0.2) is 4.39 Å². The van der Waals surface area contributed by atoms with Crippen LogP contribution in [0.15, 0.2) is 29.2 Å². The van der Waals surface area contributed by atoms with Gasteiger partial charge in [-0.1, -0.05) is 32.0 Å². The predicted molar refractivity (Wildman–Crippen MR) is 91.5 cm³/mol. The first-order valence-electron chi connectivity index (χ1n) is 7.71. The molecule has 1 atom stereocenters. The maximum absolute atomic E-state index is 13.7. The van der Waals surface area contributed by atoms with Crippen LogP contribution in [0.25, 0.3) is 6.08 Å². The van der Waals surface area contributed by atoms with Crippen molar-refractivity contribution >= 4 is 34.9 Å². The fraction of sp³-hybridized carbons (Fsp3) is 0.353. The Kier molecular flexibility index (Phi) is 6.14. The van der Waals surface area contributed by atoms with E-state index < -0.39 is 17.0 Å². The first-order chi connectivity index (χ1) is 11.4. The number of nitrogens with one attached hydrogen (secondary N) is 1. The Bertz CT molecular complexity index is 690. The van der Waals surface area contributed by atoms with Crippen molar-refractivity contribution in [3.63, 3.8) is 0 Å². The van der Waals surface area contributed by atoms with Crippen LogP contribution in [-0.4, -0.2) is 35.0 Å². The maximum Gasteiger partial charge on any atom is 0.293 e. The zero-order chi connectivity index (χ0) is 17.7. The van der Waals surface area contributed by atoms with Crippen LogP contribution in [0.1, 0.15) is 25.8 Å². The minimum Gasteiger partial charge on any atom is -0.354 e. The quantitative estimate of drug-likeness (QED) is 0.801. The molecule has 0 bridgehead atoms. The third-order valence-electron chi connectivity index (χ3n) is 3.76. The SMILES string of the molecule is CCC(C)C(=O)NCCN1C(=O)S/C(=C\c2ccccc2F)C1=O. The third kappa shape index (κ3) is 4.23. The molecule has 1 heterocycles. The maximum atomic E-state index is 13.7. The molecule has 1 aliphatic heterocycles. The number of rotatable bonds is 6. The van der Waals surface area contributed by atoms with E-state index in [-0.39, 0.29) is 35.4 Å². The molecule has 3 amide bonds. The number of carbonyl (C=O) groups excluding carboxylic acids is 3. The number of thioether (sulfide) groups is 1. The largest absolute Gasteiger partial charge is 0.354 e. The average Bonchev–Trinajstić information content (AvgIpc) is 2.83. The van der Waals surface area contributed by atoms with E-state index in [1.54, 1.807) is 12.1 Å². The lowest BCUT2D eigenvalue weighted by molar-refractivity contribution is -0.126. The number of hydrogen-bond donors (Lipinski definition) is 1. The second-order valence-electron chi connectivity index (χ2n) is 5.46. The molecule has 1 aromatic carbocycles. The minimum atomic E-state index is -0.467. The molecule has 1 aliphatic rings. The first-order valence-corrected chi connectivity index (χ1v) is 8.53. The zero-order valence-electron chi connectivity index (χ0n) is 13.5. The summed E-state index contributed by atoms with van der Waals surface area (Å²) in [5, 5.41) is 2.28. The van der Waals surface area contributed by atoms with Gasteiger partial charge in [0.15, 0.2) is 0 Å².